The lowest BCUT2D eigenvalue weighted by molar-refractivity contribution is -0.122. The first-order valence-corrected chi connectivity index (χ1v) is 5.28. The summed E-state index contributed by atoms with van der Waals surface area (Å²) in [5, 5.41) is 18.1. The fourth-order valence-electron chi connectivity index (χ4n) is 2.03. The van der Waals surface area contributed by atoms with Crippen molar-refractivity contribution in [2.45, 2.75) is 19.0 Å². The van der Waals surface area contributed by atoms with Crippen molar-refractivity contribution < 1.29 is 14.7 Å². The van der Waals surface area contributed by atoms with Crippen molar-refractivity contribution >= 4 is 12.0 Å². The zero-order valence-electron chi connectivity index (χ0n) is 9.54. The minimum Gasteiger partial charge on any atom is -0.465 e. The Morgan fingerprint density at radius 3 is 2.88 bits per heavy atom. The number of amides is 2. The van der Waals surface area contributed by atoms with E-state index in [1.165, 1.54) is 0 Å². The van der Waals surface area contributed by atoms with E-state index in [9.17, 15) is 9.59 Å². The number of hydrogen-bond donors (Lipinski definition) is 3. The van der Waals surface area contributed by atoms with Crippen molar-refractivity contribution in [2.75, 3.05) is 0 Å². The summed E-state index contributed by atoms with van der Waals surface area (Å²) in [4.78, 5) is 22.3. The fraction of sp³-hybridized carbons (Fsp3) is 0.500. The highest BCUT2D eigenvalue weighted by atomic mass is 16.4. The molecule has 92 valence electrons. The summed E-state index contributed by atoms with van der Waals surface area (Å²) < 4.78 is 1.61. The van der Waals surface area contributed by atoms with E-state index in [0.717, 1.165) is 0 Å². The summed E-state index contributed by atoms with van der Waals surface area (Å²) in [5.41, 5.74) is 0.656. The Labute approximate surface area is 97.8 Å². The highest BCUT2D eigenvalue weighted by Gasteiger charge is 2.42. The maximum Gasteiger partial charge on any atom is 0.404 e. The molecule has 1 fully saturated rings. The average molecular weight is 238 g/mol. The molecule has 2 heterocycles. The van der Waals surface area contributed by atoms with Crippen LogP contribution in [0.3, 0.4) is 0 Å². The number of rotatable bonds is 2. The van der Waals surface area contributed by atoms with Crippen LogP contribution in [0.2, 0.25) is 0 Å². The predicted molar refractivity (Wildman–Crippen MR) is 58.2 cm³/mol. The van der Waals surface area contributed by atoms with Gasteiger partial charge in [0.05, 0.1) is 23.7 Å². The van der Waals surface area contributed by atoms with Gasteiger partial charge in [0.15, 0.2) is 0 Å². The molecule has 3 atom stereocenters. The quantitative estimate of drug-likeness (QED) is 0.668. The van der Waals surface area contributed by atoms with Gasteiger partial charge >= 0.3 is 6.09 Å². The summed E-state index contributed by atoms with van der Waals surface area (Å²) in [5.74, 6) is -0.572. The van der Waals surface area contributed by atoms with E-state index in [1.54, 1.807) is 30.9 Å². The molecular formula is C10H14N4O3. The fourth-order valence-corrected chi connectivity index (χ4v) is 2.03. The van der Waals surface area contributed by atoms with Gasteiger partial charge in [-0.3, -0.25) is 9.48 Å². The smallest absolute Gasteiger partial charge is 0.404 e. The Kier molecular flexibility index (Phi) is 2.74. The lowest BCUT2D eigenvalue weighted by atomic mass is 9.98. The molecule has 0 aromatic carbocycles. The average Bonchev–Trinajstić information content (AvgIpc) is 2.77. The summed E-state index contributed by atoms with van der Waals surface area (Å²) in [6.45, 7) is 1.69. The number of hydrogen-bond acceptors (Lipinski definition) is 3. The van der Waals surface area contributed by atoms with Crippen LogP contribution in [0.4, 0.5) is 4.79 Å². The molecule has 2 amide bonds. The van der Waals surface area contributed by atoms with Crippen molar-refractivity contribution in [1.29, 1.82) is 0 Å². The van der Waals surface area contributed by atoms with Gasteiger partial charge < -0.3 is 15.7 Å². The molecule has 1 saturated heterocycles. The molecule has 3 N–H and O–H groups in total. The molecule has 0 aliphatic carbocycles. The van der Waals surface area contributed by atoms with Gasteiger partial charge in [0.25, 0.3) is 0 Å². The topological polar surface area (TPSA) is 96.3 Å². The third-order valence-electron chi connectivity index (χ3n) is 2.95. The minimum absolute atomic E-state index is 0.167. The maximum absolute atomic E-state index is 11.6. The highest BCUT2D eigenvalue weighted by Crippen LogP contribution is 2.27. The molecule has 0 radical (unpaired) electrons. The SMILES string of the molecule is C[C@@H]1C(=O)N[C@H](c2ccn(C)n2)[C@H]1NC(=O)O. The van der Waals surface area contributed by atoms with E-state index in [2.05, 4.69) is 15.7 Å². The second-order valence-corrected chi connectivity index (χ2v) is 4.16. The molecule has 17 heavy (non-hydrogen) atoms. The van der Waals surface area contributed by atoms with Crippen LogP contribution < -0.4 is 10.6 Å². The van der Waals surface area contributed by atoms with Gasteiger partial charge in [0, 0.05) is 13.2 Å². The van der Waals surface area contributed by atoms with E-state index in [-0.39, 0.29) is 5.91 Å². The monoisotopic (exact) mass is 238 g/mol. The molecule has 7 heteroatoms. The van der Waals surface area contributed by atoms with Crippen molar-refractivity contribution in [3.8, 4) is 0 Å². The van der Waals surface area contributed by atoms with Crippen molar-refractivity contribution in [3.63, 3.8) is 0 Å². The normalized spacial score (nSPS) is 27.9. The van der Waals surface area contributed by atoms with E-state index < -0.39 is 24.1 Å². The number of nitrogens with one attached hydrogen (secondary N) is 2. The predicted octanol–water partition coefficient (Wildman–Crippen LogP) is -0.137. The van der Waals surface area contributed by atoms with E-state index in [0.29, 0.717) is 5.69 Å². The van der Waals surface area contributed by atoms with Crippen LogP contribution in [0.15, 0.2) is 12.3 Å². The molecule has 1 aliphatic heterocycles. The number of nitrogens with zero attached hydrogens (tertiary/aromatic N) is 2. The zero-order valence-corrected chi connectivity index (χ0v) is 9.54. The van der Waals surface area contributed by atoms with Crippen LogP contribution in [0.25, 0.3) is 0 Å². The number of carbonyl (C=O) groups excluding carboxylic acids is 1. The lowest BCUT2D eigenvalue weighted by Crippen LogP contribution is -2.40. The Balaban J connectivity index is 2.25. The largest absolute Gasteiger partial charge is 0.465 e. The first-order chi connectivity index (χ1) is 7.99. The number of carboxylic acid groups (broad SMARTS) is 1. The third kappa shape index (κ3) is 2.08. The van der Waals surface area contributed by atoms with Crippen LogP contribution in [-0.2, 0) is 11.8 Å². The Morgan fingerprint density at radius 1 is 1.65 bits per heavy atom. The number of aromatic nitrogens is 2. The molecule has 0 spiro atoms. The number of carbonyl (C=O) groups is 2. The van der Waals surface area contributed by atoms with Gasteiger partial charge in [0.2, 0.25) is 5.91 Å². The standard InChI is InChI=1S/C10H14N4O3/c1-5-7(12-10(16)17)8(11-9(5)15)6-3-4-14(2)13-6/h3-5,7-8,12H,1-2H3,(H,11,15)(H,16,17)/t5-,7-,8+/m0/s1. The first-order valence-electron chi connectivity index (χ1n) is 5.28. The molecule has 1 aromatic heterocycles. The second kappa shape index (κ2) is 4.08. The summed E-state index contributed by atoms with van der Waals surface area (Å²) >= 11 is 0. The van der Waals surface area contributed by atoms with Gasteiger partial charge in [-0.15, -0.1) is 0 Å². The molecule has 2 rings (SSSR count). The van der Waals surface area contributed by atoms with Crippen LogP contribution >= 0.6 is 0 Å². The highest BCUT2D eigenvalue weighted by molar-refractivity contribution is 5.83. The maximum atomic E-state index is 11.6. The third-order valence-corrected chi connectivity index (χ3v) is 2.95. The molecule has 1 aliphatic rings. The van der Waals surface area contributed by atoms with Crippen LogP contribution in [0.5, 0.6) is 0 Å². The summed E-state index contributed by atoms with van der Waals surface area (Å²) in [6.07, 6.45) is 0.613. The van der Waals surface area contributed by atoms with Crippen molar-refractivity contribution in [2.24, 2.45) is 13.0 Å². The van der Waals surface area contributed by atoms with Gasteiger partial charge in [0.1, 0.15) is 0 Å². The van der Waals surface area contributed by atoms with Crippen LogP contribution in [0.1, 0.15) is 18.7 Å². The van der Waals surface area contributed by atoms with Gasteiger partial charge in [-0.05, 0) is 6.07 Å². The molecule has 7 nitrogen and oxygen atoms in total. The second-order valence-electron chi connectivity index (χ2n) is 4.16. The zero-order chi connectivity index (χ0) is 12.6. The number of aryl methyl sites for hydroxylation is 1. The summed E-state index contributed by atoms with van der Waals surface area (Å²) in [7, 11) is 1.77. The van der Waals surface area contributed by atoms with Crippen molar-refractivity contribution in [1.82, 2.24) is 20.4 Å². The van der Waals surface area contributed by atoms with E-state index in [1.807, 2.05) is 0 Å². The Morgan fingerprint density at radius 2 is 2.35 bits per heavy atom. The molecule has 1 aromatic rings. The van der Waals surface area contributed by atoms with Gasteiger partial charge in [-0.25, -0.2) is 4.79 Å². The van der Waals surface area contributed by atoms with Crippen molar-refractivity contribution in [3.05, 3.63) is 18.0 Å². The Hall–Kier alpha value is -2.05. The van der Waals surface area contributed by atoms with Gasteiger partial charge in [-0.2, -0.15) is 5.10 Å². The lowest BCUT2D eigenvalue weighted by Gasteiger charge is -2.19. The van der Waals surface area contributed by atoms with Crippen LogP contribution in [0, 0.1) is 5.92 Å². The summed E-state index contributed by atoms with van der Waals surface area (Å²) in [6, 6.07) is 0.865. The van der Waals surface area contributed by atoms with E-state index in [4.69, 9.17) is 5.11 Å². The van der Waals surface area contributed by atoms with Crippen LogP contribution in [-0.4, -0.2) is 32.9 Å². The molecular weight excluding hydrogens is 224 g/mol. The van der Waals surface area contributed by atoms with Gasteiger partial charge in [-0.1, -0.05) is 6.92 Å². The molecule has 0 saturated carbocycles. The Bertz CT molecular complexity index is 456. The van der Waals surface area contributed by atoms with E-state index >= 15 is 0 Å². The molecule has 0 bridgehead atoms. The molecule has 0 unspecified atom stereocenters. The first kappa shape index (κ1) is 11.4. The minimum atomic E-state index is -1.14.